The fourth-order valence-corrected chi connectivity index (χ4v) is 3.22. The number of nitrogens with zero attached hydrogens (tertiary/aromatic N) is 4. The Morgan fingerprint density at radius 2 is 2.29 bits per heavy atom. The molecule has 1 aromatic rings. The summed E-state index contributed by atoms with van der Waals surface area (Å²) < 4.78 is 7.61. The Morgan fingerprint density at radius 1 is 1.38 bits per heavy atom. The van der Waals surface area contributed by atoms with Crippen molar-refractivity contribution in [1.29, 1.82) is 0 Å². The van der Waals surface area contributed by atoms with E-state index < -0.39 is 5.91 Å². The molecule has 0 aliphatic carbocycles. The fraction of sp³-hybridized carbons (Fsp3) is 0.786. The Hall–Kier alpha value is -1.47. The molecule has 1 amide bonds. The van der Waals surface area contributed by atoms with Crippen molar-refractivity contribution in [3.05, 3.63) is 12.2 Å². The van der Waals surface area contributed by atoms with E-state index in [0.717, 1.165) is 45.5 Å². The first-order chi connectivity index (χ1) is 10.2. The van der Waals surface area contributed by atoms with Gasteiger partial charge in [-0.3, -0.25) is 9.69 Å². The van der Waals surface area contributed by atoms with E-state index in [1.807, 2.05) is 0 Å². The summed E-state index contributed by atoms with van der Waals surface area (Å²) in [5.41, 5.74) is 5.20. The predicted octanol–water partition coefficient (Wildman–Crippen LogP) is 0.583. The number of aromatic nitrogens is 3. The van der Waals surface area contributed by atoms with Crippen LogP contribution in [0.1, 0.15) is 48.8 Å². The van der Waals surface area contributed by atoms with Crippen LogP contribution in [0.2, 0.25) is 0 Å². The largest absolute Gasteiger partial charge is 0.377 e. The van der Waals surface area contributed by atoms with E-state index in [2.05, 4.69) is 15.0 Å². The molecule has 0 spiro atoms. The van der Waals surface area contributed by atoms with Crippen LogP contribution in [0.3, 0.4) is 0 Å². The highest BCUT2D eigenvalue weighted by atomic mass is 16.5. The van der Waals surface area contributed by atoms with Gasteiger partial charge < -0.3 is 10.5 Å². The molecular weight excluding hydrogens is 270 g/mol. The van der Waals surface area contributed by atoms with Gasteiger partial charge in [-0.25, -0.2) is 9.67 Å². The second kappa shape index (κ2) is 6.53. The van der Waals surface area contributed by atoms with Gasteiger partial charge in [0.15, 0.2) is 0 Å². The monoisotopic (exact) mass is 293 g/mol. The predicted molar refractivity (Wildman–Crippen MR) is 76.8 cm³/mol. The van der Waals surface area contributed by atoms with Crippen LogP contribution in [-0.4, -0.2) is 57.9 Å². The Balaban J connectivity index is 1.58. The molecule has 3 rings (SSSR count). The number of primary amides is 1. The highest BCUT2D eigenvalue weighted by Gasteiger charge is 2.25. The van der Waals surface area contributed by atoms with Gasteiger partial charge in [0.1, 0.15) is 6.33 Å². The summed E-state index contributed by atoms with van der Waals surface area (Å²) in [7, 11) is 0. The lowest BCUT2D eigenvalue weighted by molar-refractivity contribution is -0.0125. The van der Waals surface area contributed by atoms with Crippen LogP contribution in [-0.2, 0) is 4.74 Å². The number of nitrogens with two attached hydrogens (primary N) is 1. The van der Waals surface area contributed by atoms with Crippen LogP contribution in [0.25, 0.3) is 0 Å². The molecule has 2 aliphatic heterocycles. The number of amides is 1. The van der Waals surface area contributed by atoms with Gasteiger partial charge in [0, 0.05) is 19.7 Å². The Morgan fingerprint density at radius 3 is 3.00 bits per heavy atom. The van der Waals surface area contributed by atoms with Crippen LogP contribution in [0.4, 0.5) is 0 Å². The first-order valence-electron chi connectivity index (χ1n) is 7.77. The lowest BCUT2D eigenvalue weighted by atomic mass is 10.0. The normalized spacial score (nSPS) is 27.6. The molecule has 116 valence electrons. The number of carbonyl (C=O) groups excluding carboxylic acids is 1. The number of likely N-dealkylation sites (tertiary alicyclic amines) is 1. The summed E-state index contributed by atoms with van der Waals surface area (Å²) in [4.78, 5) is 17.5. The first kappa shape index (κ1) is 14.5. The van der Waals surface area contributed by atoms with Crippen molar-refractivity contribution in [2.24, 2.45) is 5.73 Å². The van der Waals surface area contributed by atoms with E-state index in [1.54, 1.807) is 11.0 Å². The third-order valence-electron chi connectivity index (χ3n) is 4.32. The van der Waals surface area contributed by atoms with Gasteiger partial charge >= 0.3 is 0 Å². The Labute approximate surface area is 124 Å². The molecule has 2 saturated heterocycles. The molecule has 0 aromatic carbocycles. The van der Waals surface area contributed by atoms with Crippen LogP contribution in [0.15, 0.2) is 6.33 Å². The molecular formula is C14H23N5O2. The lowest BCUT2D eigenvalue weighted by Gasteiger charge is -2.35. The zero-order valence-corrected chi connectivity index (χ0v) is 12.3. The van der Waals surface area contributed by atoms with E-state index in [-0.39, 0.29) is 11.9 Å². The van der Waals surface area contributed by atoms with Crippen molar-refractivity contribution in [1.82, 2.24) is 19.7 Å². The second-order valence-corrected chi connectivity index (χ2v) is 5.96. The number of hydrogen-bond acceptors (Lipinski definition) is 5. The second-order valence-electron chi connectivity index (χ2n) is 5.96. The molecule has 2 aliphatic rings. The minimum absolute atomic E-state index is 0.0998. The maximum absolute atomic E-state index is 11.1. The lowest BCUT2D eigenvalue weighted by Crippen LogP contribution is -2.42. The molecule has 7 nitrogen and oxygen atoms in total. The molecule has 2 N–H and O–H groups in total. The first-order valence-corrected chi connectivity index (χ1v) is 7.77. The van der Waals surface area contributed by atoms with Gasteiger partial charge in [-0.2, -0.15) is 0 Å². The molecule has 0 radical (unpaired) electrons. The number of rotatable bonds is 4. The van der Waals surface area contributed by atoms with Crippen molar-refractivity contribution in [3.8, 4) is 0 Å². The maximum atomic E-state index is 11.1. The molecule has 21 heavy (non-hydrogen) atoms. The van der Waals surface area contributed by atoms with E-state index >= 15 is 0 Å². The van der Waals surface area contributed by atoms with Crippen molar-refractivity contribution < 1.29 is 9.53 Å². The molecule has 0 unspecified atom stereocenters. The van der Waals surface area contributed by atoms with Crippen molar-refractivity contribution in [2.45, 2.75) is 44.2 Å². The quantitative estimate of drug-likeness (QED) is 0.877. The Bertz CT molecular complexity index is 483. The van der Waals surface area contributed by atoms with Gasteiger partial charge in [-0.1, -0.05) is 0 Å². The van der Waals surface area contributed by atoms with Crippen molar-refractivity contribution in [3.63, 3.8) is 0 Å². The summed E-state index contributed by atoms with van der Waals surface area (Å²) >= 11 is 0. The van der Waals surface area contributed by atoms with E-state index in [9.17, 15) is 4.79 Å². The number of ether oxygens (including phenoxy) is 1. The zero-order valence-electron chi connectivity index (χ0n) is 12.3. The summed E-state index contributed by atoms with van der Waals surface area (Å²) in [6, 6.07) is 0.267. The van der Waals surface area contributed by atoms with E-state index in [4.69, 9.17) is 10.5 Å². The SMILES string of the molecule is NC(=O)c1ncn([C@@H]2CCCN(C[C@H]3CCCCO3)C2)n1. The molecule has 1 aromatic heterocycles. The minimum atomic E-state index is -0.572. The highest BCUT2D eigenvalue weighted by Crippen LogP contribution is 2.22. The molecule has 0 saturated carbocycles. The molecule has 2 atom stereocenters. The summed E-state index contributed by atoms with van der Waals surface area (Å²) in [5, 5.41) is 4.19. The topological polar surface area (TPSA) is 86.3 Å². The molecule has 2 fully saturated rings. The highest BCUT2D eigenvalue weighted by molar-refractivity contribution is 5.88. The van der Waals surface area contributed by atoms with Gasteiger partial charge in [-0.15, -0.1) is 5.10 Å². The van der Waals surface area contributed by atoms with Gasteiger partial charge in [0.2, 0.25) is 5.82 Å². The number of piperidine rings is 1. The van der Waals surface area contributed by atoms with Gasteiger partial charge in [-0.05, 0) is 38.6 Å². The van der Waals surface area contributed by atoms with Crippen LogP contribution in [0.5, 0.6) is 0 Å². The number of hydrogen-bond donors (Lipinski definition) is 1. The summed E-state index contributed by atoms with van der Waals surface area (Å²) in [5.74, 6) is -0.472. The van der Waals surface area contributed by atoms with Crippen LogP contribution < -0.4 is 5.73 Å². The number of carbonyl (C=O) groups is 1. The van der Waals surface area contributed by atoms with E-state index in [0.29, 0.717) is 6.10 Å². The smallest absolute Gasteiger partial charge is 0.288 e. The Kier molecular flexibility index (Phi) is 4.50. The molecule has 0 bridgehead atoms. The summed E-state index contributed by atoms with van der Waals surface area (Å²) in [6.07, 6.45) is 7.80. The summed E-state index contributed by atoms with van der Waals surface area (Å²) in [6.45, 7) is 3.93. The zero-order chi connectivity index (χ0) is 14.7. The fourth-order valence-electron chi connectivity index (χ4n) is 3.22. The third kappa shape index (κ3) is 3.59. The standard InChI is InChI=1S/C14H23N5O2/c15-13(20)14-16-10-19(17-14)11-4-3-6-18(8-11)9-12-5-1-2-7-21-12/h10-12H,1-9H2,(H2,15,20)/t11-,12-/m1/s1. The van der Waals surface area contributed by atoms with Crippen LogP contribution >= 0.6 is 0 Å². The minimum Gasteiger partial charge on any atom is -0.377 e. The maximum Gasteiger partial charge on any atom is 0.288 e. The average molecular weight is 293 g/mol. The van der Waals surface area contributed by atoms with Crippen molar-refractivity contribution in [2.75, 3.05) is 26.2 Å². The third-order valence-corrected chi connectivity index (χ3v) is 4.32. The van der Waals surface area contributed by atoms with Crippen molar-refractivity contribution >= 4 is 5.91 Å². The van der Waals surface area contributed by atoms with Gasteiger partial charge in [0.25, 0.3) is 5.91 Å². The molecule has 7 heteroatoms. The van der Waals surface area contributed by atoms with Gasteiger partial charge in [0.05, 0.1) is 12.1 Å². The molecule has 3 heterocycles. The van der Waals surface area contributed by atoms with E-state index in [1.165, 1.54) is 12.8 Å². The average Bonchev–Trinajstić information content (AvgIpc) is 2.99. The van der Waals surface area contributed by atoms with Crippen LogP contribution in [0, 0.1) is 0 Å².